The van der Waals surface area contributed by atoms with Crippen molar-refractivity contribution >= 4 is 27.8 Å². The topological polar surface area (TPSA) is 44.1 Å². The van der Waals surface area contributed by atoms with Crippen LogP contribution in [0.1, 0.15) is 6.42 Å². The number of methoxy groups -OCH3 is 1. The first-order valence-corrected chi connectivity index (χ1v) is 6.19. The van der Waals surface area contributed by atoms with Crippen LogP contribution < -0.4 is 0 Å². The molecular formula is C15H14N2O2. The molecule has 0 bridgehead atoms. The molecule has 0 saturated heterocycles. The Morgan fingerprint density at radius 1 is 1.21 bits per heavy atom. The second-order valence-corrected chi connectivity index (χ2v) is 4.39. The maximum Gasteiger partial charge on any atom is 0.307 e. The van der Waals surface area contributed by atoms with Gasteiger partial charge in [0.05, 0.1) is 25.2 Å². The summed E-state index contributed by atoms with van der Waals surface area (Å²) in [4.78, 5) is 15.5. The largest absolute Gasteiger partial charge is 0.469 e. The fourth-order valence-corrected chi connectivity index (χ4v) is 2.44. The van der Waals surface area contributed by atoms with Gasteiger partial charge in [0.25, 0.3) is 0 Å². The molecule has 3 aromatic rings. The Kier molecular flexibility index (Phi) is 2.91. The molecule has 0 N–H and O–H groups in total. The molecule has 1 aromatic carbocycles. The summed E-state index contributed by atoms with van der Waals surface area (Å²) in [5.74, 6) is -0.199. The highest BCUT2D eigenvalue weighted by Crippen LogP contribution is 2.28. The van der Waals surface area contributed by atoms with Crippen molar-refractivity contribution in [2.45, 2.75) is 13.0 Å². The van der Waals surface area contributed by atoms with Crippen LogP contribution in [-0.4, -0.2) is 22.6 Å². The number of hydrogen-bond acceptors (Lipinski definition) is 3. The van der Waals surface area contributed by atoms with E-state index in [2.05, 4.69) is 21.7 Å². The van der Waals surface area contributed by atoms with Crippen molar-refractivity contribution in [1.82, 2.24) is 9.55 Å². The van der Waals surface area contributed by atoms with E-state index in [0.29, 0.717) is 13.0 Å². The summed E-state index contributed by atoms with van der Waals surface area (Å²) >= 11 is 0. The van der Waals surface area contributed by atoms with Gasteiger partial charge in [-0.2, -0.15) is 0 Å². The summed E-state index contributed by atoms with van der Waals surface area (Å²) in [6.07, 6.45) is 3.99. The predicted molar refractivity (Wildman–Crippen MR) is 73.9 cm³/mol. The highest BCUT2D eigenvalue weighted by Gasteiger charge is 2.11. The summed E-state index contributed by atoms with van der Waals surface area (Å²) in [7, 11) is 1.41. The van der Waals surface area contributed by atoms with E-state index < -0.39 is 0 Å². The van der Waals surface area contributed by atoms with Crippen LogP contribution in [0.3, 0.4) is 0 Å². The van der Waals surface area contributed by atoms with Crippen LogP contribution in [0.5, 0.6) is 0 Å². The van der Waals surface area contributed by atoms with Gasteiger partial charge in [0.15, 0.2) is 0 Å². The van der Waals surface area contributed by atoms with Crippen LogP contribution >= 0.6 is 0 Å². The van der Waals surface area contributed by atoms with Crippen molar-refractivity contribution in [3.63, 3.8) is 0 Å². The van der Waals surface area contributed by atoms with Crippen LogP contribution in [0.15, 0.2) is 42.7 Å². The highest BCUT2D eigenvalue weighted by molar-refractivity contribution is 6.07. The molecule has 0 aliphatic rings. The van der Waals surface area contributed by atoms with E-state index in [0.717, 1.165) is 16.4 Å². The Morgan fingerprint density at radius 3 is 2.84 bits per heavy atom. The van der Waals surface area contributed by atoms with Crippen molar-refractivity contribution in [1.29, 1.82) is 0 Å². The number of nitrogens with zero attached hydrogens (tertiary/aromatic N) is 2. The zero-order valence-corrected chi connectivity index (χ0v) is 10.7. The number of hydrogen-bond donors (Lipinski definition) is 0. The predicted octanol–water partition coefficient (Wildman–Crippen LogP) is 2.75. The molecule has 0 unspecified atom stereocenters. The number of aryl methyl sites for hydroxylation is 1. The van der Waals surface area contributed by atoms with Gasteiger partial charge in [-0.15, -0.1) is 0 Å². The molecule has 0 fully saturated rings. The van der Waals surface area contributed by atoms with Crippen LogP contribution in [0.25, 0.3) is 21.8 Å². The molecule has 0 aliphatic heterocycles. The molecule has 0 radical (unpaired) electrons. The number of fused-ring (bicyclic) bond motifs is 3. The molecule has 0 amide bonds. The first kappa shape index (κ1) is 11.7. The van der Waals surface area contributed by atoms with E-state index in [1.54, 1.807) is 6.20 Å². The fraction of sp³-hybridized carbons (Fsp3) is 0.200. The van der Waals surface area contributed by atoms with E-state index in [1.807, 2.05) is 24.4 Å². The number of esters is 1. The number of para-hydroxylation sites is 1. The second-order valence-electron chi connectivity index (χ2n) is 4.39. The monoisotopic (exact) mass is 254 g/mol. The summed E-state index contributed by atoms with van der Waals surface area (Å²) < 4.78 is 6.82. The third-order valence-electron chi connectivity index (χ3n) is 3.34. The van der Waals surface area contributed by atoms with Gasteiger partial charge in [-0.05, 0) is 12.1 Å². The maximum atomic E-state index is 11.3. The Hall–Kier alpha value is -2.36. The van der Waals surface area contributed by atoms with Crippen molar-refractivity contribution in [3.8, 4) is 0 Å². The summed E-state index contributed by atoms with van der Waals surface area (Å²) in [5, 5.41) is 2.35. The first-order valence-electron chi connectivity index (χ1n) is 6.19. The Labute approximate surface area is 110 Å². The highest BCUT2D eigenvalue weighted by atomic mass is 16.5. The second kappa shape index (κ2) is 4.72. The molecule has 0 atom stereocenters. The van der Waals surface area contributed by atoms with Crippen LogP contribution in [0.2, 0.25) is 0 Å². The fourth-order valence-electron chi connectivity index (χ4n) is 2.44. The van der Waals surface area contributed by atoms with E-state index in [4.69, 9.17) is 4.74 Å². The van der Waals surface area contributed by atoms with Crippen molar-refractivity contribution in [2.24, 2.45) is 0 Å². The van der Waals surface area contributed by atoms with Gasteiger partial charge in [0, 0.05) is 29.0 Å². The Morgan fingerprint density at radius 2 is 2.00 bits per heavy atom. The Balaban J connectivity index is 2.16. The minimum absolute atomic E-state index is 0.199. The van der Waals surface area contributed by atoms with Crippen molar-refractivity contribution in [3.05, 3.63) is 42.7 Å². The third kappa shape index (κ3) is 1.95. The number of carbonyl (C=O) groups excluding carboxylic acids is 1. The standard InChI is InChI=1S/C15H14N2O2/c1-19-15(18)7-9-17-13-5-3-2-4-11(13)12-6-8-16-10-14(12)17/h2-6,8,10H,7,9H2,1H3. The molecule has 2 aromatic heterocycles. The molecule has 0 aliphatic carbocycles. The van der Waals surface area contributed by atoms with Crippen LogP contribution in [-0.2, 0) is 16.1 Å². The minimum Gasteiger partial charge on any atom is -0.469 e. The van der Waals surface area contributed by atoms with Gasteiger partial charge in [-0.1, -0.05) is 18.2 Å². The number of carbonyl (C=O) groups is 1. The summed E-state index contributed by atoms with van der Waals surface area (Å²) in [6.45, 7) is 0.600. The lowest BCUT2D eigenvalue weighted by Gasteiger charge is -2.05. The number of aromatic nitrogens is 2. The number of pyridine rings is 1. The molecule has 2 heterocycles. The van der Waals surface area contributed by atoms with Gasteiger partial charge in [0.2, 0.25) is 0 Å². The van der Waals surface area contributed by atoms with E-state index in [1.165, 1.54) is 12.5 Å². The van der Waals surface area contributed by atoms with Crippen molar-refractivity contribution in [2.75, 3.05) is 7.11 Å². The van der Waals surface area contributed by atoms with Gasteiger partial charge in [-0.25, -0.2) is 0 Å². The van der Waals surface area contributed by atoms with E-state index in [-0.39, 0.29) is 5.97 Å². The maximum absolute atomic E-state index is 11.3. The van der Waals surface area contributed by atoms with Gasteiger partial charge >= 0.3 is 5.97 Å². The summed E-state index contributed by atoms with van der Waals surface area (Å²) in [5.41, 5.74) is 2.17. The summed E-state index contributed by atoms with van der Waals surface area (Å²) in [6, 6.07) is 10.2. The molecule has 96 valence electrons. The average molecular weight is 254 g/mol. The molecule has 3 rings (SSSR count). The van der Waals surface area contributed by atoms with Crippen molar-refractivity contribution < 1.29 is 9.53 Å². The van der Waals surface area contributed by atoms with Crippen LogP contribution in [0.4, 0.5) is 0 Å². The number of benzene rings is 1. The molecular weight excluding hydrogens is 240 g/mol. The molecule has 4 heteroatoms. The minimum atomic E-state index is -0.199. The SMILES string of the molecule is COC(=O)CCn1c2ccccc2c2ccncc21. The molecule has 19 heavy (non-hydrogen) atoms. The van der Waals surface area contributed by atoms with Gasteiger partial charge < -0.3 is 9.30 Å². The van der Waals surface area contributed by atoms with Gasteiger partial charge in [0.1, 0.15) is 0 Å². The average Bonchev–Trinajstić information content (AvgIpc) is 2.79. The quantitative estimate of drug-likeness (QED) is 0.675. The number of ether oxygens (including phenoxy) is 1. The Bertz CT molecular complexity index is 693. The first-order chi connectivity index (χ1) is 9.31. The van der Waals surface area contributed by atoms with E-state index in [9.17, 15) is 4.79 Å². The number of rotatable bonds is 3. The molecule has 0 spiro atoms. The zero-order valence-electron chi connectivity index (χ0n) is 10.7. The zero-order chi connectivity index (χ0) is 13.2. The lowest BCUT2D eigenvalue weighted by molar-refractivity contribution is -0.140. The van der Waals surface area contributed by atoms with E-state index >= 15 is 0 Å². The normalized spacial score (nSPS) is 11.0. The molecule has 4 nitrogen and oxygen atoms in total. The third-order valence-corrected chi connectivity index (χ3v) is 3.34. The lowest BCUT2D eigenvalue weighted by Crippen LogP contribution is -2.06. The van der Waals surface area contributed by atoms with Gasteiger partial charge in [-0.3, -0.25) is 9.78 Å². The van der Waals surface area contributed by atoms with Crippen LogP contribution in [0, 0.1) is 0 Å². The lowest BCUT2D eigenvalue weighted by atomic mass is 10.2. The smallest absolute Gasteiger partial charge is 0.307 e. The molecule has 0 saturated carbocycles.